The van der Waals surface area contributed by atoms with Crippen LogP contribution in [0.15, 0.2) is 24.3 Å². The van der Waals surface area contributed by atoms with Gasteiger partial charge in [-0.2, -0.15) is 0 Å². The monoisotopic (exact) mass is 234 g/mol. The van der Waals surface area contributed by atoms with Crippen LogP contribution in [0.1, 0.15) is 23.7 Å². The average molecular weight is 234 g/mol. The molecule has 2 N–H and O–H groups in total. The highest BCUT2D eigenvalue weighted by Crippen LogP contribution is 2.22. The summed E-state index contributed by atoms with van der Waals surface area (Å²) in [5.74, 6) is -0.882. The van der Waals surface area contributed by atoms with E-state index in [2.05, 4.69) is 24.2 Å². The molecule has 0 radical (unpaired) electrons. The van der Waals surface area contributed by atoms with Gasteiger partial charge in [-0.1, -0.05) is 12.1 Å². The molecule has 1 saturated heterocycles. The van der Waals surface area contributed by atoms with Gasteiger partial charge >= 0.3 is 5.97 Å². The van der Waals surface area contributed by atoms with Crippen molar-refractivity contribution in [2.24, 2.45) is 0 Å². The Morgan fingerprint density at radius 3 is 2.76 bits per heavy atom. The number of hydrogen-bond donors (Lipinski definition) is 2. The first kappa shape index (κ1) is 11.9. The van der Waals surface area contributed by atoms with Crippen LogP contribution >= 0.6 is 0 Å². The summed E-state index contributed by atoms with van der Waals surface area (Å²) in [6, 6.07) is 7.94. The van der Waals surface area contributed by atoms with E-state index in [1.807, 2.05) is 12.1 Å². The molecule has 0 aliphatic carbocycles. The Kier molecular flexibility index (Phi) is 3.33. The lowest BCUT2D eigenvalue weighted by Gasteiger charge is -2.15. The summed E-state index contributed by atoms with van der Waals surface area (Å²) in [5, 5.41) is 12.4. The molecule has 2 unspecified atom stereocenters. The number of hydrogen-bond acceptors (Lipinski definition) is 3. The molecule has 0 spiro atoms. The molecule has 0 bridgehead atoms. The van der Waals surface area contributed by atoms with Gasteiger partial charge < -0.3 is 15.3 Å². The minimum absolute atomic E-state index is 0.329. The summed E-state index contributed by atoms with van der Waals surface area (Å²) >= 11 is 0. The maximum Gasteiger partial charge on any atom is 0.337 e. The molecule has 1 heterocycles. The van der Waals surface area contributed by atoms with Gasteiger partial charge in [0.05, 0.1) is 5.56 Å². The number of anilines is 1. The van der Waals surface area contributed by atoms with Gasteiger partial charge in [0.1, 0.15) is 0 Å². The predicted octanol–water partition coefficient (Wildman–Crippen LogP) is 1.89. The number of carboxylic acid groups (broad SMARTS) is 1. The number of nitrogens with one attached hydrogen (secondary N) is 1. The predicted molar refractivity (Wildman–Crippen MR) is 67.5 cm³/mol. The Hall–Kier alpha value is -1.55. The quantitative estimate of drug-likeness (QED) is 0.838. The average Bonchev–Trinajstić information content (AvgIpc) is 2.58. The standard InChI is InChI=1S/C13H18N2O2/c1-9-7-10(8-15(9)2)14-12-6-4-3-5-11(12)13(16)17/h3-6,9-10,14H,7-8H2,1-2H3,(H,16,17). The summed E-state index contributed by atoms with van der Waals surface area (Å²) in [7, 11) is 2.09. The summed E-state index contributed by atoms with van der Waals surface area (Å²) in [6.45, 7) is 3.14. The summed E-state index contributed by atoms with van der Waals surface area (Å²) in [6.07, 6.45) is 1.05. The second-order valence-electron chi connectivity index (χ2n) is 4.72. The molecular formula is C13H18N2O2. The molecule has 92 valence electrons. The van der Waals surface area contributed by atoms with E-state index in [1.54, 1.807) is 12.1 Å². The van der Waals surface area contributed by atoms with Crippen molar-refractivity contribution in [1.82, 2.24) is 4.90 Å². The van der Waals surface area contributed by atoms with Gasteiger partial charge in [-0.25, -0.2) is 4.79 Å². The number of nitrogens with zero attached hydrogens (tertiary/aromatic N) is 1. The summed E-state index contributed by atoms with van der Waals surface area (Å²) in [5.41, 5.74) is 1.06. The molecule has 1 aliphatic heterocycles. The zero-order valence-electron chi connectivity index (χ0n) is 10.2. The van der Waals surface area contributed by atoms with Crippen molar-refractivity contribution in [3.05, 3.63) is 29.8 Å². The van der Waals surface area contributed by atoms with E-state index in [0.29, 0.717) is 23.3 Å². The van der Waals surface area contributed by atoms with Crippen LogP contribution < -0.4 is 5.32 Å². The van der Waals surface area contributed by atoms with Crippen LogP contribution in [0.3, 0.4) is 0 Å². The molecular weight excluding hydrogens is 216 g/mol. The van der Waals surface area contributed by atoms with Crippen LogP contribution in [0.2, 0.25) is 0 Å². The molecule has 2 rings (SSSR count). The van der Waals surface area contributed by atoms with Crippen molar-refractivity contribution in [2.45, 2.75) is 25.4 Å². The Morgan fingerprint density at radius 2 is 2.18 bits per heavy atom. The van der Waals surface area contributed by atoms with Crippen molar-refractivity contribution in [1.29, 1.82) is 0 Å². The first-order chi connectivity index (χ1) is 8.08. The van der Waals surface area contributed by atoms with Gasteiger partial charge in [0, 0.05) is 24.3 Å². The van der Waals surface area contributed by atoms with E-state index < -0.39 is 5.97 Å². The highest BCUT2D eigenvalue weighted by molar-refractivity contribution is 5.94. The number of carboxylic acids is 1. The SMILES string of the molecule is CC1CC(Nc2ccccc2C(=O)O)CN1C. The van der Waals surface area contributed by atoms with Crippen molar-refractivity contribution in [3.8, 4) is 0 Å². The number of aromatic carboxylic acids is 1. The second kappa shape index (κ2) is 4.75. The minimum Gasteiger partial charge on any atom is -0.478 e. The number of carbonyl (C=O) groups is 1. The number of rotatable bonds is 3. The van der Waals surface area contributed by atoms with Crippen LogP contribution in [0.25, 0.3) is 0 Å². The number of likely N-dealkylation sites (N-methyl/N-ethyl adjacent to an activating group) is 1. The third kappa shape index (κ3) is 2.58. The summed E-state index contributed by atoms with van der Waals surface area (Å²) < 4.78 is 0. The highest BCUT2D eigenvalue weighted by atomic mass is 16.4. The van der Waals surface area contributed by atoms with Gasteiger partial charge in [0.15, 0.2) is 0 Å². The third-order valence-electron chi connectivity index (χ3n) is 3.40. The van der Waals surface area contributed by atoms with Crippen LogP contribution in [-0.4, -0.2) is 41.7 Å². The Bertz CT molecular complexity index is 410. The lowest BCUT2D eigenvalue weighted by atomic mass is 10.1. The molecule has 1 fully saturated rings. The Labute approximate surface area is 101 Å². The minimum atomic E-state index is -0.882. The van der Waals surface area contributed by atoms with Crippen LogP contribution in [0.4, 0.5) is 5.69 Å². The van der Waals surface area contributed by atoms with Gasteiger partial charge in [0.25, 0.3) is 0 Å². The molecule has 0 amide bonds. The molecule has 17 heavy (non-hydrogen) atoms. The van der Waals surface area contributed by atoms with Crippen LogP contribution in [0, 0.1) is 0 Å². The molecule has 1 aromatic carbocycles. The lowest BCUT2D eigenvalue weighted by Crippen LogP contribution is -2.25. The first-order valence-electron chi connectivity index (χ1n) is 5.87. The second-order valence-corrected chi connectivity index (χ2v) is 4.72. The number of likely N-dealkylation sites (tertiary alicyclic amines) is 1. The Morgan fingerprint density at radius 1 is 1.47 bits per heavy atom. The van der Waals surface area contributed by atoms with E-state index in [-0.39, 0.29) is 0 Å². The molecule has 0 saturated carbocycles. The zero-order valence-corrected chi connectivity index (χ0v) is 10.2. The molecule has 1 aliphatic rings. The topological polar surface area (TPSA) is 52.6 Å². The zero-order chi connectivity index (χ0) is 12.4. The first-order valence-corrected chi connectivity index (χ1v) is 5.87. The molecule has 4 nitrogen and oxygen atoms in total. The van der Waals surface area contributed by atoms with Gasteiger partial charge in [-0.05, 0) is 32.5 Å². The number of benzene rings is 1. The van der Waals surface area contributed by atoms with Crippen molar-refractivity contribution in [3.63, 3.8) is 0 Å². The fourth-order valence-corrected chi connectivity index (χ4v) is 2.31. The Balaban J connectivity index is 2.11. The van der Waals surface area contributed by atoms with E-state index >= 15 is 0 Å². The third-order valence-corrected chi connectivity index (χ3v) is 3.40. The maximum absolute atomic E-state index is 11.1. The fourth-order valence-electron chi connectivity index (χ4n) is 2.31. The van der Waals surface area contributed by atoms with Gasteiger partial charge in [-0.15, -0.1) is 0 Å². The maximum atomic E-state index is 11.1. The molecule has 0 aromatic heterocycles. The largest absolute Gasteiger partial charge is 0.478 e. The van der Waals surface area contributed by atoms with E-state index in [4.69, 9.17) is 5.11 Å². The molecule has 1 aromatic rings. The van der Waals surface area contributed by atoms with E-state index in [9.17, 15) is 4.79 Å². The summed E-state index contributed by atoms with van der Waals surface area (Å²) in [4.78, 5) is 13.4. The van der Waals surface area contributed by atoms with E-state index in [0.717, 1.165) is 13.0 Å². The fraction of sp³-hybridized carbons (Fsp3) is 0.462. The lowest BCUT2D eigenvalue weighted by molar-refractivity contribution is 0.0698. The van der Waals surface area contributed by atoms with E-state index in [1.165, 1.54) is 0 Å². The van der Waals surface area contributed by atoms with Crippen molar-refractivity contribution < 1.29 is 9.90 Å². The van der Waals surface area contributed by atoms with Gasteiger partial charge in [0.2, 0.25) is 0 Å². The van der Waals surface area contributed by atoms with Crippen molar-refractivity contribution >= 4 is 11.7 Å². The van der Waals surface area contributed by atoms with Crippen molar-refractivity contribution in [2.75, 3.05) is 18.9 Å². The highest BCUT2D eigenvalue weighted by Gasteiger charge is 2.26. The van der Waals surface area contributed by atoms with Crippen LogP contribution in [-0.2, 0) is 0 Å². The smallest absolute Gasteiger partial charge is 0.337 e. The molecule has 4 heteroatoms. The van der Waals surface area contributed by atoms with Gasteiger partial charge in [-0.3, -0.25) is 0 Å². The normalized spacial score (nSPS) is 24.8. The molecule has 2 atom stereocenters. The van der Waals surface area contributed by atoms with Crippen LogP contribution in [0.5, 0.6) is 0 Å². The number of para-hydroxylation sites is 1.